The molecule has 110 valence electrons. The monoisotopic (exact) mass is 280 g/mol. The highest BCUT2D eigenvalue weighted by atomic mass is 16.6. The van der Waals surface area contributed by atoms with Gasteiger partial charge in [-0.1, -0.05) is 24.9 Å². The fraction of sp³-hybridized carbons (Fsp3) is 0.643. The quantitative estimate of drug-likeness (QED) is 0.851. The molecule has 1 saturated carbocycles. The summed E-state index contributed by atoms with van der Waals surface area (Å²) in [5.41, 5.74) is 0.595. The van der Waals surface area contributed by atoms with Gasteiger partial charge in [0.1, 0.15) is 0 Å². The Kier molecular flexibility index (Phi) is 4.76. The SMILES string of the molecule is Cc1cc(C(=O)OCC(=O)N[C@H]2CCCC[C@H]2C)on1. The first kappa shape index (κ1) is 14.6. The number of carbonyl (C=O) groups is 2. The third-order valence-corrected chi connectivity index (χ3v) is 3.62. The second-order valence-electron chi connectivity index (χ2n) is 5.34. The average molecular weight is 280 g/mol. The number of hydrogen-bond donors (Lipinski definition) is 1. The summed E-state index contributed by atoms with van der Waals surface area (Å²) in [5, 5.41) is 6.51. The Morgan fingerprint density at radius 2 is 2.20 bits per heavy atom. The van der Waals surface area contributed by atoms with Crippen LogP contribution in [0.2, 0.25) is 0 Å². The molecule has 0 aromatic carbocycles. The van der Waals surface area contributed by atoms with E-state index in [0.717, 1.165) is 19.3 Å². The van der Waals surface area contributed by atoms with Crippen LogP contribution in [0.25, 0.3) is 0 Å². The van der Waals surface area contributed by atoms with Crippen LogP contribution in [0.4, 0.5) is 0 Å². The Hall–Kier alpha value is -1.85. The van der Waals surface area contributed by atoms with E-state index in [0.29, 0.717) is 11.6 Å². The maximum atomic E-state index is 11.8. The first-order valence-electron chi connectivity index (χ1n) is 6.96. The summed E-state index contributed by atoms with van der Waals surface area (Å²) in [4.78, 5) is 23.3. The van der Waals surface area contributed by atoms with E-state index in [1.807, 2.05) is 0 Å². The smallest absolute Gasteiger partial charge is 0.377 e. The predicted molar refractivity (Wildman–Crippen MR) is 71.1 cm³/mol. The van der Waals surface area contributed by atoms with E-state index in [4.69, 9.17) is 9.26 Å². The summed E-state index contributed by atoms with van der Waals surface area (Å²) in [6, 6.07) is 1.66. The first-order valence-corrected chi connectivity index (χ1v) is 6.96. The summed E-state index contributed by atoms with van der Waals surface area (Å²) in [5.74, 6) is -0.451. The van der Waals surface area contributed by atoms with Crippen molar-refractivity contribution in [3.05, 3.63) is 17.5 Å². The third-order valence-electron chi connectivity index (χ3n) is 3.62. The second kappa shape index (κ2) is 6.54. The van der Waals surface area contributed by atoms with Gasteiger partial charge in [0, 0.05) is 12.1 Å². The van der Waals surface area contributed by atoms with E-state index >= 15 is 0 Å². The van der Waals surface area contributed by atoms with Crippen LogP contribution in [-0.2, 0) is 9.53 Å². The zero-order chi connectivity index (χ0) is 14.5. The van der Waals surface area contributed by atoms with Crippen molar-refractivity contribution in [1.29, 1.82) is 0 Å². The lowest BCUT2D eigenvalue weighted by Crippen LogP contribution is -2.42. The molecule has 1 heterocycles. The minimum absolute atomic E-state index is 0.0151. The van der Waals surface area contributed by atoms with Gasteiger partial charge >= 0.3 is 5.97 Å². The number of esters is 1. The van der Waals surface area contributed by atoms with Crippen molar-refractivity contribution in [3.8, 4) is 0 Å². The van der Waals surface area contributed by atoms with E-state index in [2.05, 4.69) is 17.4 Å². The minimum Gasteiger partial charge on any atom is -0.450 e. The fourth-order valence-electron chi connectivity index (χ4n) is 2.44. The zero-order valence-corrected chi connectivity index (χ0v) is 11.8. The molecule has 1 aliphatic carbocycles. The molecular formula is C14H20N2O4. The van der Waals surface area contributed by atoms with E-state index in [1.165, 1.54) is 12.5 Å². The highest BCUT2D eigenvalue weighted by Crippen LogP contribution is 2.23. The van der Waals surface area contributed by atoms with Gasteiger partial charge in [-0.2, -0.15) is 0 Å². The Morgan fingerprint density at radius 3 is 2.85 bits per heavy atom. The molecule has 1 amide bonds. The molecule has 0 radical (unpaired) electrons. The van der Waals surface area contributed by atoms with Crippen molar-refractivity contribution in [1.82, 2.24) is 10.5 Å². The molecular weight excluding hydrogens is 260 g/mol. The topological polar surface area (TPSA) is 81.4 Å². The van der Waals surface area contributed by atoms with Gasteiger partial charge in [-0.05, 0) is 25.7 Å². The van der Waals surface area contributed by atoms with Gasteiger partial charge in [-0.15, -0.1) is 0 Å². The summed E-state index contributed by atoms with van der Waals surface area (Å²) < 4.78 is 9.66. The number of nitrogens with zero attached hydrogens (tertiary/aromatic N) is 1. The normalized spacial score (nSPS) is 22.3. The molecule has 6 heteroatoms. The molecule has 6 nitrogen and oxygen atoms in total. The molecule has 0 bridgehead atoms. The molecule has 0 spiro atoms. The van der Waals surface area contributed by atoms with Crippen LogP contribution in [0.1, 0.15) is 48.9 Å². The van der Waals surface area contributed by atoms with Gasteiger partial charge in [0.2, 0.25) is 5.76 Å². The number of amides is 1. The van der Waals surface area contributed by atoms with Crippen molar-refractivity contribution in [2.45, 2.75) is 45.6 Å². The number of aryl methyl sites for hydroxylation is 1. The lowest BCUT2D eigenvalue weighted by atomic mass is 9.86. The number of nitrogens with one attached hydrogen (secondary N) is 1. The molecule has 1 aromatic rings. The van der Waals surface area contributed by atoms with Gasteiger partial charge in [0.15, 0.2) is 6.61 Å². The maximum absolute atomic E-state index is 11.8. The van der Waals surface area contributed by atoms with E-state index in [9.17, 15) is 9.59 Å². The van der Waals surface area contributed by atoms with Crippen LogP contribution in [0.15, 0.2) is 10.6 Å². The highest BCUT2D eigenvalue weighted by Gasteiger charge is 2.23. The average Bonchev–Trinajstić information content (AvgIpc) is 2.85. The molecule has 1 aliphatic rings. The first-order chi connectivity index (χ1) is 9.56. The fourth-order valence-corrected chi connectivity index (χ4v) is 2.44. The molecule has 1 aromatic heterocycles. The van der Waals surface area contributed by atoms with Gasteiger partial charge in [-0.3, -0.25) is 4.79 Å². The van der Waals surface area contributed by atoms with Crippen molar-refractivity contribution < 1.29 is 18.8 Å². The van der Waals surface area contributed by atoms with E-state index in [-0.39, 0.29) is 24.3 Å². The van der Waals surface area contributed by atoms with Crippen LogP contribution in [0.3, 0.4) is 0 Å². The second-order valence-corrected chi connectivity index (χ2v) is 5.34. The summed E-state index contributed by atoms with van der Waals surface area (Å²) in [6.07, 6.45) is 4.46. The molecule has 0 aliphatic heterocycles. The minimum atomic E-state index is -0.669. The van der Waals surface area contributed by atoms with Gasteiger partial charge < -0.3 is 14.6 Å². The van der Waals surface area contributed by atoms with Gasteiger partial charge in [-0.25, -0.2) is 4.79 Å². The molecule has 2 rings (SSSR count). The maximum Gasteiger partial charge on any atom is 0.377 e. The number of aromatic nitrogens is 1. The predicted octanol–water partition coefficient (Wildman–Crippen LogP) is 1.83. The number of hydrogen-bond acceptors (Lipinski definition) is 5. The Bertz CT molecular complexity index is 483. The molecule has 0 saturated heterocycles. The van der Waals surface area contributed by atoms with E-state index < -0.39 is 5.97 Å². The Balaban J connectivity index is 1.76. The standard InChI is InChI=1S/C14H20N2O4/c1-9-5-3-4-6-11(9)15-13(17)8-19-14(18)12-7-10(2)16-20-12/h7,9,11H,3-6,8H2,1-2H3,(H,15,17)/t9-,11+/m1/s1. The molecule has 2 atom stereocenters. The lowest BCUT2D eigenvalue weighted by Gasteiger charge is -2.29. The van der Waals surface area contributed by atoms with Crippen molar-refractivity contribution in [2.24, 2.45) is 5.92 Å². The summed E-state index contributed by atoms with van der Waals surface area (Å²) >= 11 is 0. The molecule has 1 fully saturated rings. The molecule has 1 N–H and O–H groups in total. The Labute approximate surface area is 117 Å². The van der Waals surface area contributed by atoms with Gasteiger partial charge in [0.25, 0.3) is 5.91 Å². The van der Waals surface area contributed by atoms with Crippen molar-refractivity contribution >= 4 is 11.9 Å². The Morgan fingerprint density at radius 1 is 1.45 bits per heavy atom. The van der Waals surface area contributed by atoms with Crippen molar-refractivity contribution in [3.63, 3.8) is 0 Å². The zero-order valence-electron chi connectivity index (χ0n) is 11.8. The molecule has 20 heavy (non-hydrogen) atoms. The summed E-state index contributed by atoms with van der Waals surface area (Å²) in [7, 11) is 0. The van der Waals surface area contributed by atoms with Gasteiger partial charge in [0.05, 0.1) is 5.69 Å². The third kappa shape index (κ3) is 3.82. The van der Waals surface area contributed by atoms with Crippen LogP contribution in [-0.4, -0.2) is 29.7 Å². The van der Waals surface area contributed by atoms with E-state index in [1.54, 1.807) is 6.92 Å². The number of ether oxygens (including phenoxy) is 1. The number of carbonyl (C=O) groups excluding carboxylic acids is 2. The van der Waals surface area contributed by atoms with Crippen LogP contribution >= 0.6 is 0 Å². The molecule has 0 unspecified atom stereocenters. The van der Waals surface area contributed by atoms with Crippen LogP contribution in [0.5, 0.6) is 0 Å². The van der Waals surface area contributed by atoms with Crippen LogP contribution in [0, 0.1) is 12.8 Å². The lowest BCUT2D eigenvalue weighted by molar-refractivity contribution is -0.125. The summed E-state index contributed by atoms with van der Waals surface area (Å²) in [6.45, 7) is 3.55. The number of rotatable bonds is 4. The largest absolute Gasteiger partial charge is 0.450 e. The van der Waals surface area contributed by atoms with Crippen molar-refractivity contribution in [2.75, 3.05) is 6.61 Å². The van der Waals surface area contributed by atoms with Crippen LogP contribution < -0.4 is 5.32 Å². The highest BCUT2D eigenvalue weighted by molar-refractivity contribution is 5.88.